The van der Waals surface area contributed by atoms with Crippen LogP contribution in [0.3, 0.4) is 0 Å². The van der Waals surface area contributed by atoms with Gasteiger partial charge in [0.15, 0.2) is 5.78 Å². The molecule has 8 nitrogen and oxygen atoms in total. The van der Waals surface area contributed by atoms with Crippen LogP contribution in [0.5, 0.6) is 5.75 Å². The van der Waals surface area contributed by atoms with Crippen molar-refractivity contribution < 1.29 is 42.5 Å². The molecule has 3 saturated carbocycles. The zero-order valence-corrected chi connectivity index (χ0v) is 23.2. The summed E-state index contributed by atoms with van der Waals surface area (Å²) in [6.07, 6.45) is 4.07. The summed E-state index contributed by atoms with van der Waals surface area (Å²) >= 11 is 0. The van der Waals surface area contributed by atoms with Gasteiger partial charge in [-0.05, 0) is 73.9 Å². The monoisotopic (exact) mass is 552 g/mol. The Kier molecular flexibility index (Phi) is 5.77. The summed E-state index contributed by atoms with van der Waals surface area (Å²) in [6.45, 7) is 6.98. The molecule has 1 aromatic rings. The van der Waals surface area contributed by atoms with E-state index in [4.69, 9.17) is 18.9 Å². The maximum Gasteiger partial charge on any atom is 0.351 e. The molecule has 9 atom stereocenters. The average Bonchev–Trinajstić information content (AvgIpc) is 3.58. The van der Waals surface area contributed by atoms with Gasteiger partial charge in [-0.25, -0.2) is 14.0 Å². The molecular weight excluding hydrogens is 519 g/mol. The molecule has 40 heavy (non-hydrogen) atoms. The molecule has 2 unspecified atom stereocenters. The SMILES string of the molecule is COC(=O)[C@@]1(OC(=O)c2cccc(OC(C)=O)c2)[C@H](C)CC2C3C[C@H](F)C4=CC(=O)C=C[C@]4(C)[C@@]34O[C@H]4C[C@@]21C. The number of alkyl halides is 1. The third-order valence-electron chi connectivity index (χ3n) is 10.5. The van der Waals surface area contributed by atoms with E-state index in [-0.39, 0.29) is 41.5 Å². The smallest absolute Gasteiger partial charge is 0.351 e. The number of methoxy groups -OCH3 is 1. The first kappa shape index (κ1) is 26.9. The Morgan fingerprint density at radius 2 is 1.88 bits per heavy atom. The van der Waals surface area contributed by atoms with Crippen LogP contribution < -0.4 is 4.74 Å². The van der Waals surface area contributed by atoms with Crippen molar-refractivity contribution in [1.29, 1.82) is 0 Å². The van der Waals surface area contributed by atoms with Gasteiger partial charge in [-0.3, -0.25) is 9.59 Å². The number of epoxide rings is 1. The van der Waals surface area contributed by atoms with Gasteiger partial charge >= 0.3 is 17.9 Å². The highest BCUT2D eigenvalue weighted by molar-refractivity contribution is 6.01. The number of carbonyl (C=O) groups is 4. The van der Waals surface area contributed by atoms with Crippen LogP contribution in [0.1, 0.15) is 57.3 Å². The molecule has 4 aliphatic carbocycles. The van der Waals surface area contributed by atoms with Crippen LogP contribution >= 0.6 is 0 Å². The molecule has 1 aromatic carbocycles. The molecule has 0 amide bonds. The van der Waals surface area contributed by atoms with E-state index in [0.717, 1.165) is 0 Å². The summed E-state index contributed by atoms with van der Waals surface area (Å²) < 4.78 is 39.0. The Bertz CT molecular complexity index is 1400. The van der Waals surface area contributed by atoms with Gasteiger partial charge in [-0.1, -0.05) is 26.0 Å². The number of rotatable bonds is 4. The molecule has 0 bridgehead atoms. The van der Waals surface area contributed by atoms with Crippen LogP contribution in [0.2, 0.25) is 0 Å². The minimum Gasteiger partial charge on any atom is -0.466 e. The Morgan fingerprint density at radius 1 is 1.12 bits per heavy atom. The van der Waals surface area contributed by atoms with Crippen LogP contribution in [0.25, 0.3) is 0 Å². The summed E-state index contributed by atoms with van der Waals surface area (Å²) in [5.74, 6) is -2.92. The van der Waals surface area contributed by atoms with E-state index in [0.29, 0.717) is 18.4 Å². The van der Waals surface area contributed by atoms with Crippen molar-refractivity contribution >= 4 is 23.7 Å². The van der Waals surface area contributed by atoms with Gasteiger partial charge in [0.25, 0.3) is 0 Å². The van der Waals surface area contributed by atoms with Crippen molar-refractivity contribution in [3.63, 3.8) is 0 Å². The lowest BCUT2D eigenvalue weighted by molar-refractivity contribution is -0.188. The van der Waals surface area contributed by atoms with Crippen LogP contribution in [-0.2, 0) is 28.6 Å². The first-order valence-electron chi connectivity index (χ1n) is 13.7. The summed E-state index contributed by atoms with van der Waals surface area (Å²) in [5.41, 5.74) is -3.48. The number of carbonyl (C=O) groups excluding carboxylic acids is 4. The molecule has 1 saturated heterocycles. The Hall–Kier alpha value is -3.33. The number of ketones is 1. The van der Waals surface area contributed by atoms with Crippen molar-refractivity contribution in [2.75, 3.05) is 7.11 Å². The lowest BCUT2D eigenvalue weighted by atomic mass is 9.46. The van der Waals surface area contributed by atoms with Crippen molar-refractivity contribution in [3.05, 3.63) is 53.6 Å². The Balaban J connectivity index is 1.40. The fraction of sp³-hybridized carbons (Fsp3) is 0.548. The highest BCUT2D eigenvalue weighted by Crippen LogP contribution is 2.77. The maximum atomic E-state index is 15.8. The number of halogens is 1. The number of fused-ring (bicyclic) bond motifs is 3. The zero-order valence-electron chi connectivity index (χ0n) is 23.2. The summed E-state index contributed by atoms with van der Waals surface area (Å²) in [4.78, 5) is 50.9. The number of ether oxygens (including phenoxy) is 4. The molecular formula is C31H33FO8. The predicted octanol–water partition coefficient (Wildman–Crippen LogP) is 4.31. The van der Waals surface area contributed by atoms with Gasteiger partial charge in [-0.2, -0.15) is 0 Å². The Labute approximate surface area is 231 Å². The van der Waals surface area contributed by atoms with Gasteiger partial charge in [-0.15, -0.1) is 0 Å². The normalized spacial score (nSPS) is 42.4. The maximum absolute atomic E-state index is 15.8. The van der Waals surface area contributed by atoms with E-state index in [2.05, 4.69) is 0 Å². The standard InChI is InChI=1S/C31H33FO8/c1-16-11-21-22-14-24(32)23-13-19(34)9-10-28(23,3)31(22)25(39-31)15-29(21,4)30(16,27(36)37-5)40-26(35)18-7-6-8-20(12-18)38-17(2)33/h6-10,12-13,16,21-22,24-25H,11,14-15H2,1-5H3/t16-,21?,22?,24+,25+,28+,29+,30+,31-/m1/s1. The van der Waals surface area contributed by atoms with Crippen molar-refractivity contribution in [3.8, 4) is 5.75 Å². The first-order valence-corrected chi connectivity index (χ1v) is 13.7. The van der Waals surface area contributed by atoms with Crippen molar-refractivity contribution in [1.82, 2.24) is 0 Å². The number of hydrogen-bond donors (Lipinski definition) is 0. The van der Waals surface area contributed by atoms with Gasteiger partial charge in [0, 0.05) is 23.7 Å². The molecule has 5 aliphatic rings. The van der Waals surface area contributed by atoms with E-state index in [1.165, 1.54) is 38.3 Å². The fourth-order valence-corrected chi connectivity index (χ4v) is 8.86. The summed E-state index contributed by atoms with van der Waals surface area (Å²) in [6, 6.07) is 6.02. The third kappa shape index (κ3) is 3.27. The molecule has 212 valence electrons. The molecule has 0 aromatic heterocycles. The second-order valence-corrected chi connectivity index (χ2v) is 12.4. The second-order valence-electron chi connectivity index (χ2n) is 12.4. The lowest BCUT2D eigenvalue weighted by Crippen LogP contribution is -2.64. The topological polar surface area (TPSA) is 108 Å². The largest absolute Gasteiger partial charge is 0.466 e. The minimum absolute atomic E-state index is 0.120. The number of esters is 3. The van der Waals surface area contributed by atoms with Crippen LogP contribution in [0.4, 0.5) is 4.39 Å². The first-order chi connectivity index (χ1) is 18.8. The minimum atomic E-state index is -1.65. The average molecular weight is 553 g/mol. The van der Waals surface area contributed by atoms with Gasteiger partial charge in [0.05, 0.1) is 18.8 Å². The van der Waals surface area contributed by atoms with Crippen molar-refractivity contribution in [2.45, 2.75) is 70.4 Å². The van der Waals surface area contributed by atoms with E-state index >= 15 is 4.39 Å². The molecule has 1 heterocycles. The number of allylic oxidation sites excluding steroid dienone is 2. The van der Waals surface area contributed by atoms with Gasteiger partial charge in [0.1, 0.15) is 17.5 Å². The van der Waals surface area contributed by atoms with E-state index in [9.17, 15) is 19.2 Å². The third-order valence-corrected chi connectivity index (χ3v) is 10.5. The summed E-state index contributed by atoms with van der Waals surface area (Å²) in [7, 11) is 1.27. The Morgan fingerprint density at radius 3 is 2.58 bits per heavy atom. The fourth-order valence-electron chi connectivity index (χ4n) is 8.86. The van der Waals surface area contributed by atoms with Gasteiger partial charge < -0.3 is 18.9 Å². The zero-order chi connectivity index (χ0) is 28.8. The quantitative estimate of drug-likeness (QED) is 0.309. The van der Waals surface area contributed by atoms with Crippen LogP contribution in [0, 0.1) is 28.6 Å². The molecule has 0 N–H and O–H groups in total. The predicted molar refractivity (Wildman–Crippen MR) is 139 cm³/mol. The highest BCUT2D eigenvalue weighted by Gasteiger charge is 2.84. The molecule has 1 aliphatic heterocycles. The second kappa shape index (κ2) is 8.59. The van der Waals surface area contributed by atoms with Crippen LogP contribution in [-0.4, -0.2) is 54.3 Å². The number of benzene rings is 1. The highest BCUT2D eigenvalue weighted by atomic mass is 19.1. The molecule has 4 fully saturated rings. The van der Waals surface area contributed by atoms with Gasteiger partial charge in [0.2, 0.25) is 5.60 Å². The summed E-state index contributed by atoms with van der Waals surface area (Å²) in [5, 5.41) is 0. The molecule has 6 rings (SSSR count). The molecule has 9 heteroatoms. The van der Waals surface area contributed by atoms with E-state index in [1.54, 1.807) is 18.2 Å². The molecule has 0 radical (unpaired) electrons. The van der Waals surface area contributed by atoms with E-state index in [1.807, 2.05) is 20.8 Å². The van der Waals surface area contributed by atoms with Crippen LogP contribution in [0.15, 0.2) is 48.1 Å². The molecule has 1 spiro atoms. The number of hydrogen-bond acceptors (Lipinski definition) is 8. The van der Waals surface area contributed by atoms with E-state index < -0.39 is 52.0 Å². The lowest BCUT2D eigenvalue weighted by Gasteiger charge is -2.56. The van der Waals surface area contributed by atoms with Crippen molar-refractivity contribution in [2.24, 2.45) is 28.6 Å².